The lowest BCUT2D eigenvalue weighted by molar-refractivity contribution is 0.140. The molecule has 0 amide bonds. The molecule has 0 bridgehead atoms. The molecule has 0 aromatic heterocycles. The van der Waals surface area contributed by atoms with Crippen molar-refractivity contribution < 1.29 is 4.74 Å². The maximum atomic E-state index is 5.75. The maximum Gasteiger partial charge on any atom is 0.0590 e. The van der Waals surface area contributed by atoms with E-state index < -0.39 is 0 Å². The molecule has 0 aromatic rings. The molecule has 0 saturated heterocycles. The highest BCUT2D eigenvalue weighted by atomic mass is 16.5. The molecule has 0 aromatic carbocycles. The molecule has 0 heterocycles. The molecule has 1 rings (SSSR count). The van der Waals surface area contributed by atoms with Crippen LogP contribution in [0.25, 0.3) is 0 Å². The van der Waals surface area contributed by atoms with Crippen molar-refractivity contribution in [1.82, 2.24) is 5.32 Å². The fourth-order valence-electron chi connectivity index (χ4n) is 2.22. The van der Waals surface area contributed by atoms with Gasteiger partial charge in [0.25, 0.3) is 0 Å². The molecule has 1 saturated carbocycles. The molecule has 1 aliphatic carbocycles. The van der Waals surface area contributed by atoms with Crippen LogP contribution in [0.4, 0.5) is 0 Å². The molecule has 3 heteroatoms. The lowest BCUT2D eigenvalue weighted by Gasteiger charge is -2.31. The van der Waals surface area contributed by atoms with Gasteiger partial charge < -0.3 is 15.8 Å². The number of nitrogens with two attached hydrogens (primary N) is 1. The zero-order valence-corrected chi connectivity index (χ0v) is 9.30. The van der Waals surface area contributed by atoms with E-state index in [0.717, 1.165) is 26.3 Å². The third-order valence-corrected chi connectivity index (χ3v) is 3.07. The van der Waals surface area contributed by atoms with Gasteiger partial charge in [-0.25, -0.2) is 0 Å². The number of ether oxygens (including phenoxy) is 1. The highest BCUT2D eigenvalue weighted by Gasteiger charge is 2.22. The summed E-state index contributed by atoms with van der Waals surface area (Å²) < 4.78 is 5.30. The van der Waals surface area contributed by atoms with Crippen molar-refractivity contribution in [2.75, 3.05) is 26.3 Å². The summed E-state index contributed by atoms with van der Waals surface area (Å²) in [5.41, 5.74) is 5.75. The second-order valence-corrected chi connectivity index (χ2v) is 4.04. The summed E-state index contributed by atoms with van der Waals surface area (Å²) in [7, 11) is 0. The van der Waals surface area contributed by atoms with Gasteiger partial charge in [-0.2, -0.15) is 0 Å². The Kier molecular flexibility index (Phi) is 6.15. The Hall–Kier alpha value is -0.120. The Balaban J connectivity index is 2.13. The van der Waals surface area contributed by atoms with Gasteiger partial charge in [0.15, 0.2) is 0 Å². The average Bonchev–Trinajstić information content (AvgIpc) is 2.25. The van der Waals surface area contributed by atoms with Crippen LogP contribution in [0.2, 0.25) is 0 Å². The van der Waals surface area contributed by atoms with Crippen LogP contribution >= 0.6 is 0 Å². The zero-order chi connectivity index (χ0) is 10.2. The topological polar surface area (TPSA) is 47.3 Å². The number of nitrogens with one attached hydrogen (secondary N) is 1. The Morgan fingerprint density at radius 2 is 2.14 bits per heavy atom. The first-order valence-electron chi connectivity index (χ1n) is 5.89. The first-order valence-corrected chi connectivity index (χ1v) is 5.89. The van der Waals surface area contributed by atoms with Crippen molar-refractivity contribution in [3.63, 3.8) is 0 Å². The molecule has 0 spiro atoms. The van der Waals surface area contributed by atoms with Gasteiger partial charge in [-0.1, -0.05) is 12.8 Å². The lowest BCUT2D eigenvalue weighted by Crippen LogP contribution is -2.43. The van der Waals surface area contributed by atoms with E-state index in [-0.39, 0.29) is 0 Å². The summed E-state index contributed by atoms with van der Waals surface area (Å²) >= 11 is 0. The van der Waals surface area contributed by atoms with E-state index in [9.17, 15) is 0 Å². The Labute approximate surface area is 87.4 Å². The first kappa shape index (κ1) is 12.0. The van der Waals surface area contributed by atoms with Crippen molar-refractivity contribution in [3.8, 4) is 0 Å². The predicted octanol–water partition coefficient (Wildman–Crippen LogP) is 1.13. The molecule has 84 valence electrons. The summed E-state index contributed by atoms with van der Waals surface area (Å²) in [5, 5.41) is 3.55. The smallest absolute Gasteiger partial charge is 0.0590 e. The number of rotatable bonds is 6. The van der Waals surface area contributed by atoms with Gasteiger partial charge in [-0.3, -0.25) is 0 Å². The number of hydrogen-bond acceptors (Lipinski definition) is 3. The van der Waals surface area contributed by atoms with Crippen LogP contribution in [0.15, 0.2) is 0 Å². The molecule has 1 fully saturated rings. The summed E-state index contributed by atoms with van der Waals surface area (Å²) in [6, 6.07) is 0.634. The summed E-state index contributed by atoms with van der Waals surface area (Å²) in [6.45, 7) is 5.46. The minimum absolute atomic E-state index is 0.634. The van der Waals surface area contributed by atoms with Crippen molar-refractivity contribution in [2.45, 2.75) is 38.6 Å². The van der Waals surface area contributed by atoms with Crippen LogP contribution < -0.4 is 11.1 Å². The van der Waals surface area contributed by atoms with E-state index in [1.54, 1.807) is 0 Å². The largest absolute Gasteiger partial charge is 0.380 e. The van der Waals surface area contributed by atoms with Crippen molar-refractivity contribution in [2.24, 2.45) is 11.7 Å². The Morgan fingerprint density at radius 1 is 1.36 bits per heavy atom. The van der Waals surface area contributed by atoms with Gasteiger partial charge in [0.2, 0.25) is 0 Å². The van der Waals surface area contributed by atoms with Gasteiger partial charge >= 0.3 is 0 Å². The minimum Gasteiger partial charge on any atom is -0.380 e. The van der Waals surface area contributed by atoms with Crippen LogP contribution in [0, 0.1) is 5.92 Å². The van der Waals surface area contributed by atoms with E-state index in [1.807, 2.05) is 6.92 Å². The van der Waals surface area contributed by atoms with E-state index in [1.165, 1.54) is 25.7 Å². The summed E-state index contributed by atoms with van der Waals surface area (Å²) in [5.74, 6) is 0.686. The first-order chi connectivity index (χ1) is 6.88. The molecular formula is C11H24N2O. The van der Waals surface area contributed by atoms with E-state index in [0.29, 0.717) is 12.0 Å². The maximum absolute atomic E-state index is 5.75. The third-order valence-electron chi connectivity index (χ3n) is 3.07. The molecule has 0 radical (unpaired) electrons. The normalized spacial score (nSPS) is 27.9. The zero-order valence-electron chi connectivity index (χ0n) is 9.30. The van der Waals surface area contributed by atoms with Crippen LogP contribution in [0.5, 0.6) is 0 Å². The van der Waals surface area contributed by atoms with Crippen molar-refractivity contribution in [3.05, 3.63) is 0 Å². The second kappa shape index (κ2) is 7.21. The minimum atomic E-state index is 0.634. The van der Waals surface area contributed by atoms with Crippen molar-refractivity contribution in [1.29, 1.82) is 0 Å². The van der Waals surface area contributed by atoms with Gasteiger partial charge in [0.05, 0.1) is 6.61 Å². The Morgan fingerprint density at radius 3 is 2.86 bits per heavy atom. The van der Waals surface area contributed by atoms with Gasteiger partial charge in [-0.15, -0.1) is 0 Å². The molecule has 0 aliphatic heterocycles. The fraction of sp³-hybridized carbons (Fsp3) is 1.00. The van der Waals surface area contributed by atoms with E-state index in [2.05, 4.69) is 5.32 Å². The van der Waals surface area contributed by atoms with Gasteiger partial charge in [0, 0.05) is 19.2 Å². The summed E-state index contributed by atoms with van der Waals surface area (Å²) in [6.07, 6.45) is 5.28. The average molecular weight is 200 g/mol. The third kappa shape index (κ3) is 3.95. The molecule has 3 N–H and O–H groups in total. The highest BCUT2D eigenvalue weighted by Crippen LogP contribution is 2.23. The molecular weight excluding hydrogens is 176 g/mol. The molecule has 2 unspecified atom stereocenters. The standard InChI is InChI=1S/C11H24N2O/c1-2-14-8-7-13-11-6-4-3-5-10(11)9-12/h10-11,13H,2-9,12H2,1H3. The summed E-state index contributed by atoms with van der Waals surface area (Å²) in [4.78, 5) is 0. The van der Waals surface area contributed by atoms with Gasteiger partial charge in [0.1, 0.15) is 0 Å². The second-order valence-electron chi connectivity index (χ2n) is 4.04. The predicted molar refractivity (Wildman–Crippen MR) is 59.3 cm³/mol. The van der Waals surface area contributed by atoms with E-state index >= 15 is 0 Å². The SMILES string of the molecule is CCOCCNC1CCCCC1CN. The highest BCUT2D eigenvalue weighted by molar-refractivity contribution is 4.81. The van der Waals surface area contributed by atoms with Crippen LogP contribution in [-0.2, 0) is 4.74 Å². The molecule has 2 atom stereocenters. The van der Waals surface area contributed by atoms with Crippen LogP contribution in [0.1, 0.15) is 32.6 Å². The monoisotopic (exact) mass is 200 g/mol. The van der Waals surface area contributed by atoms with Crippen LogP contribution in [0.3, 0.4) is 0 Å². The Bertz CT molecular complexity index is 141. The lowest BCUT2D eigenvalue weighted by atomic mass is 9.84. The van der Waals surface area contributed by atoms with Crippen LogP contribution in [-0.4, -0.2) is 32.3 Å². The molecule has 1 aliphatic rings. The number of hydrogen-bond donors (Lipinski definition) is 2. The fourth-order valence-corrected chi connectivity index (χ4v) is 2.22. The van der Waals surface area contributed by atoms with Crippen molar-refractivity contribution >= 4 is 0 Å². The van der Waals surface area contributed by atoms with E-state index in [4.69, 9.17) is 10.5 Å². The quantitative estimate of drug-likeness (QED) is 0.632. The molecule has 3 nitrogen and oxygen atoms in total. The molecule has 14 heavy (non-hydrogen) atoms. The van der Waals surface area contributed by atoms with Gasteiger partial charge in [-0.05, 0) is 32.2 Å².